The second-order valence-electron chi connectivity index (χ2n) is 6.19. The quantitative estimate of drug-likeness (QED) is 0.658. The van der Waals surface area contributed by atoms with E-state index in [1.165, 1.54) is 25.7 Å². The van der Waals surface area contributed by atoms with Gasteiger partial charge in [0.15, 0.2) is 0 Å². The summed E-state index contributed by atoms with van der Waals surface area (Å²) < 4.78 is 5.38. The summed E-state index contributed by atoms with van der Waals surface area (Å²) in [5, 5.41) is 3.63. The van der Waals surface area contributed by atoms with Gasteiger partial charge in [0.25, 0.3) is 0 Å². The molecule has 0 saturated heterocycles. The lowest BCUT2D eigenvalue weighted by Gasteiger charge is -2.27. The van der Waals surface area contributed by atoms with Crippen LogP contribution in [0.25, 0.3) is 0 Å². The third-order valence-corrected chi connectivity index (χ3v) is 3.47. The Morgan fingerprint density at radius 2 is 2.11 bits per heavy atom. The van der Waals surface area contributed by atoms with Gasteiger partial charge in [0.2, 0.25) is 0 Å². The molecular formula is C16H29NO. The largest absolute Gasteiger partial charge is 0.469 e. The van der Waals surface area contributed by atoms with Crippen LogP contribution < -0.4 is 5.32 Å². The Kier molecular flexibility index (Phi) is 6.48. The second-order valence-corrected chi connectivity index (χ2v) is 6.19. The fourth-order valence-electron chi connectivity index (χ4n) is 2.20. The first-order valence-corrected chi connectivity index (χ1v) is 7.29. The highest BCUT2D eigenvalue weighted by Gasteiger charge is 2.18. The first-order valence-electron chi connectivity index (χ1n) is 7.29. The van der Waals surface area contributed by atoms with Gasteiger partial charge in [0, 0.05) is 19.0 Å². The molecule has 0 bridgehead atoms. The van der Waals surface area contributed by atoms with Crippen molar-refractivity contribution in [2.45, 2.75) is 65.8 Å². The maximum atomic E-state index is 5.38. The topological polar surface area (TPSA) is 25.2 Å². The average Bonchev–Trinajstić information content (AvgIpc) is 2.80. The van der Waals surface area contributed by atoms with Crippen molar-refractivity contribution in [2.75, 3.05) is 6.54 Å². The molecule has 2 heteroatoms. The Balaban J connectivity index is 2.21. The summed E-state index contributed by atoms with van der Waals surface area (Å²) in [5.74, 6) is 1.07. The van der Waals surface area contributed by atoms with Crippen LogP contribution in [0.5, 0.6) is 0 Å². The van der Waals surface area contributed by atoms with Gasteiger partial charge in [-0.05, 0) is 30.9 Å². The molecule has 1 aromatic rings. The maximum absolute atomic E-state index is 5.38. The Bertz CT molecular complexity index is 303. The molecule has 104 valence electrons. The molecule has 2 nitrogen and oxygen atoms in total. The minimum absolute atomic E-state index is 0.395. The zero-order valence-electron chi connectivity index (χ0n) is 12.5. The molecule has 1 rings (SSSR count). The number of hydrogen-bond donors (Lipinski definition) is 1. The lowest BCUT2D eigenvalue weighted by atomic mass is 9.86. The SMILES string of the molecule is CCCCCC(C)(C)CNC(C)Cc1ccco1. The van der Waals surface area contributed by atoms with Crippen molar-refractivity contribution in [3.63, 3.8) is 0 Å². The van der Waals surface area contributed by atoms with Gasteiger partial charge in [-0.3, -0.25) is 0 Å². The van der Waals surface area contributed by atoms with Crippen molar-refractivity contribution in [1.82, 2.24) is 5.32 Å². The van der Waals surface area contributed by atoms with Crippen LogP contribution in [-0.4, -0.2) is 12.6 Å². The van der Waals surface area contributed by atoms with Gasteiger partial charge in [-0.1, -0.05) is 40.0 Å². The zero-order chi connectivity index (χ0) is 13.4. The summed E-state index contributed by atoms with van der Waals surface area (Å²) in [6.45, 7) is 10.3. The van der Waals surface area contributed by atoms with Crippen LogP contribution in [-0.2, 0) is 6.42 Å². The Hall–Kier alpha value is -0.760. The Morgan fingerprint density at radius 1 is 1.33 bits per heavy atom. The summed E-state index contributed by atoms with van der Waals surface area (Å²) in [7, 11) is 0. The van der Waals surface area contributed by atoms with E-state index in [9.17, 15) is 0 Å². The van der Waals surface area contributed by atoms with Gasteiger partial charge in [-0.25, -0.2) is 0 Å². The van der Waals surface area contributed by atoms with Crippen LogP contribution in [0.15, 0.2) is 22.8 Å². The van der Waals surface area contributed by atoms with Gasteiger partial charge in [0.05, 0.1) is 6.26 Å². The minimum Gasteiger partial charge on any atom is -0.469 e. The van der Waals surface area contributed by atoms with E-state index in [0.717, 1.165) is 18.7 Å². The summed E-state index contributed by atoms with van der Waals surface area (Å²) >= 11 is 0. The lowest BCUT2D eigenvalue weighted by molar-refractivity contribution is 0.286. The first kappa shape index (κ1) is 15.3. The van der Waals surface area contributed by atoms with E-state index in [1.54, 1.807) is 6.26 Å². The average molecular weight is 251 g/mol. The molecule has 0 spiro atoms. The highest BCUT2D eigenvalue weighted by atomic mass is 16.3. The van der Waals surface area contributed by atoms with Crippen molar-refractivity contribution in [3.8, 4) is 0 Å². The van der Waals surface area contributed by atoms with Gasteiger partial charge in [-0.15, -0.1) is 0 Å². The van der Waals surface area contributed by atoms with Crippen LogP contribution in [0.4, 0.5) is 0 Å². The molecule has 1 aromatic heterocycles. The standard InChI is InChI=1S/C16H29NO/c1-5-6-7-10-16(3,4)13-17-14(2)12-15-9-8-11-18-15/h8-9,11,14,17H,5-7,10,12-13H2,1-4H3. The predicted molar refractivity (Wildman–Crippen MR) is 77.8 cm³/mol. The number of nitrogens with one attached hydrogen (secondary N) is 1. The van der Waals surface area contributed by atoms with Gasteiger partial charge in [-0.2, -0.15) is 0 Å². The van der Waals surface area contributed by atoms with E-state index in [0.29, 0.717) is 11.5 Å². The second kappa shape index (κ2) is 7.63. The summed E-state index contributed by atoms with van der Waals surface area (Å²) in [5.41, 5.74) is 0.395. The maximum Gasteiger partial charge on any atom is 0.105 e. The molecule has 0 saturated carbocycles. The van der Waals surface area contributed by atoms with Crippen molar-refractivity contribution in [1.29, 1.82) is 0 Å². The predicted octanol–water partition coefficient (Wildman–Crippen LogP) is 4.41. The molecule has 1 heterocycles. The van der Waals surface area contributed by atoms with Crippen LogP contribution in [0.2, 0.25) is 0 Å². The lowest BCUT2D eigenvalue weighted by Crippen LogP contribution is -2.36. The molecule has 0 aliphatic rings. The van der Waals surface area contributed by atoms with Crippen LogP contribution in [0, 0.1) is 5.41 Å². The normalized spacial score (nSPS) is 13.8. The molecule has 0 aliphatic heterocycles. The molecule has 1 N–H and O–H groups in total. The fourth-order valence-corrected chi connectivity index (χ4v) is 2.20. The Morgan fingerprint density at radius 3 is 2.72 bits per heavy atom. The molecule has 0 aliphatic carbocycles. The van der Waals surface area contributed by atoms with Gasteiger partial charge >= 0.3 is 0 Å². The molecular weight excluding hydrogens is 222 g/mol. The number of rotatable bonds is 9. The molecule has 0 fully saturated rings. The molecule has 1 unspecified atom stereocenters. The molecule has 0 radical (unpaired) electrons. The zero-order valence-corrected chi connectivity index (χ0v) is 12.5. The van der Waals surface area contributed by atoms with E-state index < -0.39 is 0 Å². The highest BCUT2D eigenvalue weighted by Crippen LogP contribution is 2.23. The van der Waals surface area contributed by atoms with Crippen molar-refractivity contribution >= 4 is 0 Å². The van der Waals surface area contributed by atoms with Gasteiger partial charge in [0.1, 0.15) is 5.76 Å². The molecule has 18 heavy (non-hydrogen) atoms. The van der Waals surface area contributed by atoms with Crippen molar-refractivity contribution in [3.05, 3.63) is 24.2 Å². The molecule has 1 atom stereocenters. The minimum atomic E-state index is 0.395. The Labute approximate surface area is 112 Å². The summed E-state index contributed by atoms with van der Waals surface area (Å²) in [6.07, 6.45) is 8.03. The van der Waals surface area contributed by atoms with Crippen LogP contribution in [0.1, 0.15) is 59.1 Å². The van der Waals surface area contributed by atoms with Crippen LogP contribution in [0.3, 0.4) is 0 Å². The fraction of sp³-hybridized carbons (Fsp3) is 0.750. The molecule has 0 amide bonds. The first-order chi connectivity index (χ1) is 8.53. The highest BCUT2D eigenvalue weighted by molar-refractivity contribution is 5.00. The number of furan rings is 1. The van der Waals surface area contributed by atoms with E-state index in [-0.39, 0.29) is 0 Å². The smallest absolute Gasteiger partial charge is 0.105 e. The van der Waals surface area contributed by atoms with Crippen molar-refractivity contribution in [2.24, 2.45) is 5.41 Å². The van der Waals surface area contributed by atoms with E-state index >= 15 is 0 Å². The third-order valence-electron chi connectivity index (χ3n) is 3.47. The number of hydrogen-bond acceptors (Lipinski definition) is 2. The van der Waals surface area contributed by atoms with E-state index in [4.69, 9.17) is 4.42 Å². The summed E-state index contributed by atoms with van der Waals surface area (Å²) in [4.78, 5) is 0. The third kappa shape index (κ3) is 6.25. The molecule has 0 aromatic carbocycles. The van der Waals surface area contributed by atoms with Gasteiger partial charge < -0.3 is 9.73 Å². The van der Waals surface area contributed by atoms with E-state index in [1.807, 2.05) is 12.1 Å². The monoisotopic (exact) mass is 251 g/mol. The van der Waals surface area contributed by atoms with E-state index in [2.05, 4.69) is 33.0 Å². The number of unbranched alkanes of at least 4 members (excludes halogenated alkanes) is 2. The van der Waals surface area contributed by atoms with Crippen LogP contribution >= 0.6 is 0 Å². The van der Waals surface area contributed by atoms with Crippen molar-refractivity contribution < 1.29 is 4.42 Å². The summed E-state index contributed by atoms with van der Waals surface area (Å²) in [6, 6.07) is 4.48.